The highest BCUT2D eigenvalue weighted by Gasteiger charge is 2.29. The van der Waals surface area contributed by atoms with Gasteiger partial charge in [0.05, 0.1) is 4.92 Å². The molecule has 3 aromatic carbocycles. The number of rotatable bonds is 12. The quantitative estimate of drug-likeness (QED) is 0.101. The molecule has 1 aliphatic carbocycles. The molecule has 0 aliphatic heterocycles. The molecule has 0 aromatic heterocycles. The van der Waals surface area contributed by atoms with Gasteiger partial charge in [-0.3, -0.25) is 19.7 Å². The van der Waals surface area contributed by atoms with Gasteiger partial charge in [-0.1, -0.05) is 48.5 Å². The molecule has 11 nitrogen and oxygen atoms in total. The highest BCUT2D eigenvalue weighted by atomic mass is 16.6. The molecule has 11 heteroatoms. The summed E-state index contributed by atoms with van der Waals surface area (Å²) in [7, 11) is 0. The van der Waals surface area contributed by atoms with E-state index in [4.69, 9.17) is 4.74 Å². The second-order valence-corrected chi connectivity index (χ2v) is 9.25. The Kier molecular flexibility index (Phi) is 8.85. The van der Waals surface area contributed by atoms with Crippen LogP contribution in [0.5, 0.6) is 0 Å². The van der Waals surface area contributed by atoms with E-state index in [1.54, 1.807) is 0 Å². The number of unbranched alkanes of at least 4 members (excludes halogenated alkanes) is 1. The number of alkyl carbamates (subject to hydrolysis) is 1. The minimum Gasteiger partial charge on any atom is -0.480 e. The monoisotopic (exact) mass is 545 g/mol. The predicted octanol–water partition coefficient (Wildman–Crippen LogP) is 4.06. The second kappa shape index (κ2) is 12.7. The summed E-state index contributed by atoms with van der Waals surface area (Å²) in [6, 6.07) is 19.2. The highest BCUT2D eigenvalue weighted by molar-refractivity contribution is 6.42. The number of carboxylic acids is 1. The molecular weight excluding hydrogens is 518 g/mol. The van der Waals surface area contributed by atoms with Gasteiger partial charge >= 0.3 is 12.1 Å². The summed E-state index contributed by atoms with van der Waals surface area (Å²) in [4.78, 5) is 58.5. The number of hydrogen-bond donors (Lipinski definition) is 3. The molecule has 40 heavy (non-hydrogen) atoms. The Bertz CT molecular complexity index is 1390. The molecule has 1 unspecified atom stereocenters. The lowest BCUT2D eigenvalue weighted by atomic mass is 9.98. The summed E-state index contributed by atoms with van der Waals surface area (Å²) in [5.41, 5.74) is 4.06. The number of nitro groups is 1. The van der Waals surface area contributed by atoms with Crippen molar-refractivity contribution in [1.82, 2.24) is 10.6 Å². The van der Waals surface area contributed by atoms with Crippen LogP contribution in [0.3, 0.4) is 0 Å². The molecule has 206 valence electrons. The first kappa shape index (κ1) is 28.0. The van der Waals surface area contributed by atoms with E-state index in [0.29, 0.717) is 12.8 Å². The van der Waals surface area contributed by atoms with Crippen LogP contribution >= 0.6 is 0 Å². The molecule has 0 saturated carbocycles. The Morgan fingerprint density at radius 2 is 1.50 bits per heavy atom. The fourth-order valence-corrected chi connectivity index (χ4v) is 4.66. The van der Waals surface area contributed by atoms with Gasteiger partial charge in [0.1, 0.15) is 12.6 Å². The van der Waals surface area contributed by atoms with Crippen molar-refractivity contribution in [2.45, 2.75) is 31.2 Å². The lowest BCUT2D eigenvalue weighted by Crippen LogP contribution is -2.41. The van der Waals surface area contributed by atoms with Crippen molar-refractivity contribution < 1.29 is 33.9 Å². The van der Waals surface area contributed by atoms with Crippen LogP contribution in [-0.4, -0.2) is 53.0 Å². The molecular formula is C29H27N3O8. The Morgan fingerprint density at radius 3 is 2.08 bits per heavy atom. The van der Waals surface area contributed by atoms with Crippen LogP contribution < -0.4 is 10.6 Å². The van der Waals surface area contributed by atoms with Crippen molar-refractivity contribution >= 4 is 29.4 Å². The molecule has 1 atom stereocenters. The summed E-state index contributed by atoms with van der Waals surface area (Å²) in [6.45, 7) is 0.163. The summed E-state index contributed by atoms with van der Waals surface area (Å²) >= 11 is 0. The number of nitrogens with one attached hydrogen (secondary N) is 2. The molecule has 0 heterocycles. The van der Waals surface area contributed by atoms with Crippen molar-refractivity contribution in [3.8, 4) is 11.1 Å². The molecule has 4 rings (SSSR count). The molecule has 3 aromatic rings. The molecule has 2 amide bonds. The Balaban J connectivity index is 1.21. The van der Waals surface area contributed by atoms with E-state index in [-0.39, 0.29) is 36.7 Å². The summed E-state index contributed by atoms with van der Waals surface area (Å²) < 4.78 is 5.42. The number of benzene rings is 3. The van der Waals surface area contributed by atoms with Gasteiger partial charge in [-0.25, -0.2) is 9.59 Å². The maximum Gasteiger partial charge on any atom is 0.407 e. The van der Waals surface area contributed by atoms with E-state index in [2.05, 4.69) is 10.6 Å². The number of Topliss-reactive ketones (excluding diaryl/α,β-unsaturated/α-hetero) is 1. The number of ketones is 1. The topological polar surface area (TPSA) is 165 Å². The van der Waals surface area contributed by atoms with Gasteiger partial charge in [-0.2, -0.15) is 0 Å². The standard InChI is InChI=1S/C29H27N3O8/c33-26(18-12-14-19(15-13-18)32(38)39)27(34)30-16-6-5-11-25(28(35)36)31-29(37)40-17-24-22-9-3-1-7-20(22)21-8-2-4-10-23(21)24/h1-4,7-10,12-15,24-25H,5-6,11,16-17H2,(H,30,34)(H,31,37)(H,35,36). The van der Waals surface area contributed by atoms with E-state index in [1.165, 1.54) is 12.1 Å². The number of nitrogens with zero attached hydrogens (tertiary/aromatic N) is 1. The van der Waals surface area contributed by atoms with Crippen LogP contribution in [0.4, 0.5) is 10.5 Å². The molecule has 0 spiro atoms. The van der Waals surface area contributed by atoms with E-state index in [1.807, 2.05) is 48.5 Å². The number of ether oxygens (including phenoxy) is 1. The molecule has 0 bridgehead atoms. The zero-order valence-corrected chi connectivity index (χ0v) is 21.4. The van der Waals surface area contributed by atoms with Gasteiger partial charge in [-0.05, 0) is 53.6 Å². The van der Waals surface area contributed by atoms with Crippen LogP contribution in [-0.2, 0) is 14.3 Å². The van der Waals surface area contributed by atoms with Gasteiger partial charge in [0, 0.05) is 30.2 Å². The van der Waals surface area contributed by atoms with Crippen LogP contribution in [0.15, 0.2) is 72.8 Å². The molecule has 1 aliphatic rings. The van der Waals surface area contributed by atoms with Crippen LogP contribution in [0.25, 0.3) is 11.1 Å². The van der Waals surface area contributed by atoms with E-state index >= 15 is 0 Å². The minimum atomic E-state index is -1.22. The van der Waals surface area contributed by atoms with Crippen molar-refractivity contribution in [3.05, 3.63) is 99.6 Å². The number of amides is 2. The maximum absolute atomic E-state index is 12.5. The number of carboxylic acid groups (broad SMARTS) is 1. The van der Waals surface area contributed by atoms with Crippen LogP contribution in [0.2, 0.25) is 0 Å². The third kappa shape index (κ3) is 6.49. The van der Waals surface area contributed by atoms with Gasteiger partial charge in [0.15, 0.2) is 0 Å². The van der Waals surface area contributed by atoms with Crippen LogP contribution in [0.1, 0.15) is 46.7 Å². The minimum absolute atomic E-state index is 0.0151. The van der Waals surface area contributed by atoms with Gasteiger partial charge in [-0.15, -0.1) is 0 Å². The number of non-ortho nitro benzene ring substituents is 1. The molecule has 0 radical (unpaired) electrons. The normalized spacial score (nSPS) is 12.5. The number of fused-ring (bicyclic) bond motifs is 3. The summed E-state index contributed by atoms with van der Waals surface area (Å²) in [5.74, 6) is -3.08. The van der Waals surface area contributed by atoms with E-state index < -0.39 is 34.7 Å². The SMILES string of the molecule is O=C(NC(CCCCNC(=O)C(=O)c1ccc([N+](=O)[O-])cc1)C(=O)O)OCC1c2ccccc2-c2ccccc21. The smallest absolute Gasteiger partial charge is 0.407 e. The zero-order chi connectivity index (χ0) is 28.6. The van der Waals surface area contributed by atoms with E-state index in [9.17, 15) is 34.4 Å². The number of nitro benzene ring substituents is 1. The third-order valence-electron chi connectivity index (χ3n) is 6.69. The van der Waals surface area contributed by atoms with Crippen molar-refractivity contribution in [3.63, 3.8) is 0 Å². The fraction of sp³-hybridized carbons (Fsp3) is 0.241. The highest BCUT2D eigenvalue weighted by Crippen LogP contribution is 2.44. The largest absolute Gasteiger partial charge is 0.480 e. The summed E-state index contributed by atoms with van der Waals surface area (Å²) in [5, 5.41) is 25.1. The number of hydrogen-bond acceptors (Lipinski definition) is 7. The lowest BCUT2D eigenvalue weighted by molar-refractivity contribution is -0.384. The molecule has 3 N–H and O–H groups in total. The molecule has 0 saturated heterocycles. The van der Waals surface area contributed by atoms with Crippen LogP contribution in [0, 0.1) is 10.1 Å². The van der Waals surface area contributed by atoms with Crippen molar-refractivity contribution in [1.29, 1.82) is 0 Å². The number of carbonyl (C=O) groups is 4. The number of aliphatic carboxylic acids is 1. The first-order chi connectivity index (χ1) is 19.3. The van der Waals surface area contributed by atoms with Gasteiger partial charge < -0.3 is 20.5 Å². The predicted molar refractivity (Wildman–Crippen MR) is 144 cm³/mol. The second-order valence-electron chi connectivity index (χ2n) is 9.25. The first-order valence-electron chi connectivity index (χ1n) is 12.7. The zero-order valence-electron chi connectivity index (χ0n) is 21.4. The average molecular weight is 546 g/mol. The van der Waals surface area contributed by atoms with Crippen molar-refractivity contribution in [2.75, 3.05) is 13.2 Å². The van der Waals surface area contributed by atoms with Gasteiger partial charge in [0.25, 0.3) is 11.6 Å². The Hall–Kier alpha value is -5.06. The van der Waals surface area contributed by atoms with Gasteiger partial charge in [0.2, 0.25) is 5.78 Å². The van der Waals surface area contributed by atoms with Crippen molar-refractivity contribution in [2.24, 2.45) is 0 Å². The van der Waals surface area contributed by atoms with E-state index in [0.717, 1.165) is 34.4 Å². The molecule has 0 fully saturated rings. The lowest BCUT2D eigenvalue weighted by Gasteiger charge is -2.17. The number of carbonyl (C=O) groups excluding carboxylic acids is 3. The Labute approximate surface area is 229 Å². The Morgan fingerprint density at radius 1 is 0.900 bits per heavy atom. The third-order valence-corrected chi connectivity index (χ3v) is 6.69. The fourth-order valence-electron chi connectivity index (χ4n) is 4.66. The summed E-state index contributed by atoms with van der Waals surface area (Å²) in [6.07, 6.45) is -0.0513. The maximum atomic E-state index is 12.5. The first-order valence-corrected chi connectivity index (χ1v) is 12.7. The average Bonchev–Trinajstić information content (AvgIpc) is 3.28.